The number of thiazole rings is 1. The Labute approximate surface area is 202 Å². The first kappa shape index (κ1) is 22.7. The third kappa shape index (κ3) is 5.32. The maximum absolute atomic E-state index is 14.0. The van der Waals surface area contributed by atoms with Gasteiger partial charge in [0.05, 0.1) is 15.6 Å². The lowest BCUT2D eigenvalue weighted by atomic mass is 10.1. The largest absolute Gasteiger partial charge is 0.457 e. The van der Waals surface area contributed by atoms with Crippen molar-refractivity contribution in [2.24, 2.45) is 0 Å². The number of amides is 1. The molecular weight excluding hydrogens is 484 g/mol. The molecule has 2 aromatic heterocycles. The molecule has 0 spiro atoms. The van der Waals surface area contributed by atoms with Gasteiger partial charge in [-0.05, 0) is 35.9 Å². The van der Waals surface area contributed by atoms with Gasteiger partial charge in [-0.25, -0.2) is 9.37 Å². The third-order valence-electron chi connectivity index (χ3n) is 4.59. The van der Waals surface area contributed by atoms with Gasteiger partial charge in [0.15, 0.2) is 5.13 Å². The highest BCUT2D eigenvalue weighted by Crippen LogP contribution is 2.30. The predicted molar refractivity (Wildman–Crippen MR) is 128 cm³/mol. The minimum Gasteiger partial charge on any atom is -0.457 e. The summed E-state index contributed by atoms with van der Waals surface area (Å²) in [6, 6.07) is 16.5. The SMILES string of the molecule is N#C/C(=C\c1ccc(-c2ccccc2F)o1)C(=O)Nc1ncc(Cc2cccc(Cl)c2Cl)s1. The fourth-order valence-corrected chi connectivity index (χ4v) is 4.23. The molecule has 1 N–H and O–H groups in total. The van der Waals surface area contributed by atoms with E-state index in [0.717, 1.165) is 10.4 Å². The lowest BCUT2D eigenvalue weighted by molar-refractivity contribution is -0.112. The first-order valence-electron chi connectivity index (χ1n) is 9.60. The summed E-state index contributed by atoms with van der Waals surface area (Å²) >= 11 is 13.5. The zero-order chi connectivity index (χ0) is 23.4. The van der Waals surface area contributed by atoms with E-state index in [0.29, 0.717) is 27.4 Å². The maximum Gasteiger partial charge on any atom is 0.268 e. The van der Waals surface area contributed by atoms with Crippen LogP contribution in [-0.2, 0) is 11.2 Å². The molecule has 5 nitrogen and oxygen atoms in total. The molecule has 0 saturated carbocycles. The fourth-order valence-electron chi connectivity index (χ4n) is 3.01. The van der Waals surface area contributed by atoms with Crippen LogP contribution in [0.1, 0.15) is 16.2 Å². The molecule has 0 aliphatic rings. The van der Waals surface area contributed by atoms with Gasteiger partial charge in [0, 0.05) is 23.6 Å². The number of carbonyl (C=O) groups excluding carboxylic acids is 1. The Morgan fingerprint density at radius 2 is 2.00 bits per heavy atom. The molecule has 0 aliphatic heterocycles. The van der Waals surface area contributed by atoms with Gasteiger partial charge >= 0.3 is 0 Å². The first-order chi connectivity index (χ1) is 15.9. The summed E-state index contributed by atoms with van der Waals surface area (Å²) in [5, 5.41) is 13.3. The molecule has 2 heterocycles. The molecule has 2 aromatic carbocycles. The van der Waals surface area contributed by atoms with E-state index in [4.69, 9.17) is 27.6 Å². The Balaban J connectivity index is 1.47. The van der Waals surface area contributed by atoms with Crippen LogP contribution in [-0.4, -0.2) is 10.9 Å². The van der Waals surface area contributed by atoms with Crippen molar-refractivity contribution in [3.8, 4) is 17.4 Å². The lowest BCUT2D eigenvalue weighted by Gasteiger charge is -2.03. The number of benzene rings is 2. The van der Waals surface area contributed by atoms with E-state index in [1.807, 2.05) is 18.2 Å². The Bertz CT molecular complexity index is 1400. The van der Waals surface area contributed by atoms with Gasteiger partial charge in [0.1, 0.15) is 29.0 Å². The molecule has 4 rings (SSSR count). The lowest BCUT2D eigenvalue weighted by Crippen LogP contribution is -2.13. The number of carbonyl (C=O) groups is 1. The van der Waals surface area contributed by atoms with Gasteiger partial charge in [-0.2, -0.15) is 5.26 Å². The highest BCUT2D eigenvalue weighted by atomic mass is 35.5. The number of hydrogen-bond acceptors (Lipinski definition) is 5. The van der Waals surface area contributed by atoms with Crippen molar-refractivity contribution in [1.82, 2.24) is 4.98 Å². The second-order valence-corrected chi connectivity index (χ2v) is 8.73. The van der Waals surface area contributed by atoms with Crippen molar-refractivity contribution in [3.63, 3.8) is 0 Å². The highest BCUT2D eigenvalue weighted by molar-refractivity contribution is 7.15. The van der Waals surface area contributed by atoms with Crippen LogP contribution >= 0.6 is 34.5 Å². The average molecular weight is 498 g/mol. The van der Waals surface area contributed by atoms with E-state index in [1.165, 1.54) is 23.5 Å². The number of rotatable bonds is 6. The van der Waals surface area contributed by atoms with E-state index in [9.17, 15) is 14.4 Å². The molecule has 164 valence electrons. The average Bonchev–Trinajstić information content (AvgIpc) is 3.45. The van der Waals surface area contributed by atoms with Crippen molar-refractivity contribution in [3.05, 3.63) is 98.4 Å². The van der Waals surface area contributed by atoms with E-state index in [2.05, 4.69) is 10.3 Å². The molecule has 0 aliphatic carbocycles. The van der Waals surface area contributed by atoms with Crippen LogP contribution in [0.25, 0.3) is 17.4 Å². The summed E-state index contributed by atoms with van der Waals surface area (Å²) in [5.41, 5.74) is 0.945. The molecule has 0 unspecified atom stereocenters. The number of nitrogens with zero attached hydrogens (tertiary/aromatic N) is 2. The van der Waals surface area contributed by atoms with Crippen LogP contribution in [0.2, 0.25) is 10.0 Å². The van der Waals surface area contributed by atoms with Gasteiger partial charge in [0.25, 0.3) is 5.91 Å². The summed E-state index contributed by atoms with van der Waals surface area (Å²) in [6.07, 6.45) is 3.42. The molecule has 4 aromatic rings. The van der Waals surface area contributed by atoms with Crippen molar-refractivity contribution in [1.29, 1.82) is 5.26 Å². The Morgan fingerprint density at radius 3 is 2.79 bits per heavy atom. The second kappa shape index (κ2) is 10.0. The fraction of sp³-hybridized carbons (Fsp3) is 0.0417. The standard InChI is InChI=1S/C24H14Cl2FN3O2S/c25-19-6-3-4-14(22(19)26)11-17-13-29-24(33-17)30-23(31)15(12-28)10-16-8-9-21(32-16)18-5-1-2-7-20(18)27/h1-10,13H,11H2,(H,29,30,31)/b15-10+. The maximum atomic E-state index is 14.0. The Kier molecular flexibility index (Phi) is 6.90. The van der Waals surface area contributed by atoms with E-state index in [1.54, 1.807) is 42.6 Å². The number of aromatic nitrogens is 1. The minimum atomic E-state index is -0.636. The first-order valence-corrected chi connectivity index (χ1v) is 11.2. The van der Waals surface area contributed by atoms with Gasteiger partial charge in [0.2, 0.25) is 0 Å². The molecule has 0 fully saturated rings. The number of halogens is 3. The van der Waals surface area contributed by atoms with Crippen LogP contribution in [0.5, 0.6) is 0 Å². The minimum absolute atomic E-state index is 0.181. The normalized spacial score (nSPS) is 11.3. The summed E-state index contributed by atoms with van der Waals surface area (Å²) in [6.45, 7) is 0. The molecule has 0 radical (unpaired) electrons. The number of nitriles is 1. The van der Waals surface area contributed by atoms with Gasteiger partial charge in [-0.3, -0.25) is 10.1 Å². The quantitative estimate of drug-likeness (QED) is 0.230. The molecule has 1 amide bonds. The highest BCUT2D eigenvalue weighted by Gasteiger charge is 2.15. The summed E-state index contributed by atoms with van der Waals surface area (Å²) in [7, 11) is 0. The zero-order valence-corrected chi connectivity index (χ0v) is 19.1. The van der Waals surface area contributed by atoms with E-state index >= 15 is 0 Å². The topological polar surface area (TPSA) is 78.9 Å². The number of nitrogens with one attached hydrogen (secondary N) is 1. The molecule has 0 bridgehead atoms. The zero-order valence-electron chi connectivity index (χ0n) is 16.8. The van der Waals surface area contributed by atoms with Crippen molar-refractivity contribution >= 4 is 51.7 Å². The summed E-state index contributed by atoms with van der Waals surface area (Å²) in [5.74, 6) is -0.529. The van der Waals surface area contributed by atoms with Gasteiger partial charge in [-0.1, -0.05) is 47.5 Å². The molecular formula is C24H14Cl2FN3O2S. The number of anilines is 1. The molecule has 9 heteroatoms. The van der Waals surface area contributed by atoms with Crippen LogP contribution < -0.4 is 5.32 Å². The van der Waals surface area contributed by atoms with Gasteiger partial charge in [-0.15, -0.1) is 11.3 Å². The van der Waals surface area contributed by atoms with Gasteiger partial charge < -0.3 is 4.42 Å². The molecule has 33 heavy (non-hydrogen) atoms. The van der Waals surface area contributed by atoms with Crippen LogP contribution in [0, 0.1) is 17.1 Å². The Morgan fingerprint density at radius 1 is 1.18 bits per heavy atom. The van der Waals surface area contributed by atoms with Crippen molar-refractivity contribution in [2.45, 2.75) is 6.42 Å². The number of hydrogen-bond donors (Lipinski definition) is 1. The van der Waals surface area contributed by atoms with Crippen molar-refractivity contribution in [2.75, 3.05) is 5.32 Å². The second-order valence-electron chi connectivity index (χ2n) is 6.83. The van der Waals surface area contributed by atoms with Crippen molar-refractivity contribution < 1.29 is 13.6 Å². The molecule has 0 saturated heterocycles. The van der Waals surface area contributed by atoms with Crippen LogP contribution in [0.15, 0.2) is 70.8 Å². The monoisotopic (exact) mass is 497 g/mol. The molecule has 0 atom stereocenters. The Hall–Kier alpha value is -3.44. The smallest absolute Gasteiger partial charge is 0.268 e. The van der Waals surface area contributed by atoms with Crippen LogP contribution in [0.4, 0.5) is 9.52 Å². The summed E-state index contributed by atoms with van der Waals surface area (Å²) in [4.78, 5) is 17.6. The predicted octanol–water partition coefficient (Wildman–Crippen LogP) is 6.99. The summed E-state index contributed by atoms with van der Waals surface area (Å²) < 4.78 is 19.5. The van der Waals surface area contributed by atoms with E-state index < -0.39 is 11.7 Å². The van der Waals surface area contributed by atoms with Crippen LogP contribution in [0.3, 0.4) is 0 Å². The van der Waals surface area contributed by atoms with E-state index in [-0.39, 0.29) is 16.9 Å². The number of furan rings is 1. The third-order valence-corrected chi connectivity index (χ3v) is 6.36.